The molecule has 0 saturated heterocycles. The van der Waals surface area contributed by atoms with E-state index in [-0.39, 0.29) is 6.03 Å². The zero-order valence-corrected chi connectivity index (χ0v) is 14.6. The lowest BCUT2D eigenvalue weighted by Crippen LogP contribution is -2.37. The molecule has 2 amide bonds. The van der Waals surface area contributed by atoms with Crippen molar-refractivity contribution in [1.29, 1.82) is 0 Å². The lowest BCUT2D eigenvalue weighted by molar-refractivity contribution is 0.240. The molecule has 2 aromatic heterocycles. The Morgan fingerprint density at radius 2 is 1.73 bits per heavy atom. The van der Waals surface area contributed by atoms with Crippen LogP contribution in [0.1, 0.15) is 12.0 Å². The Hall–Kier alpha value is -3.15. The van der Waals surface area contributed by atoms with Crippen LogP contribution in [0.3, 0.4) is 0 Å². The average molecular weight is 349 g/mol. The van der Waals surface area contributed by atoms with E-state index in [1.54, 1.807) is 10.9 Å². The lowest BCUT2D eigenvalue weighted by Gasteiger charge is -2.08. The molecule has 0 fully saturated rings. The fourth-order valence-electron chi connectivity index (χ4n) is 2.62. The quantitative estimate of drug-likeness (QED) is 0.614. The monoisotopic (exact) mass is 349 g/mol. The maximum atomic E-state index is 11.8. The molecule has 0 aliphatic carbocycles. The first kappa shape index (κ1) is 17.7. The number of carbonyl (C=O) groups excluding carboxylic acids is 1. The summed E-state index contributed by atoms with van der Waals surface area (Å²) < 4.78 is 1.81. The van der Waals surface area contributed by atoms with Crippen LogP contribution in [0.5, 0.6) is 0 Å². The van der Waals surface area contributed by atoms with Crippen LogP contribution in [0, 0.1) is 0 Å². The summed E-state index contributed by atoms with van der Waals surface area (Å²) in [4.78, 5) is 16.1. The maximum Gasteiger partial charge on any atom is 0.314 e. The van der Waals surface area contributed by atoms with E-state index < -0.39 is 0 Å². The summed E-state index contributed by atoms with van der Waals surface area (Å²) in [6.07, 6.45) is 5.52. The zero-order chi connectivity index (χ0) is 18.0. The number of hydrogen-bond acceptors (Lipinski definition) is 3. The molecular weight excluding hydrogens is 326 g/mol. The van der Waals surface area contributed by atoms with E-state index in [0.717, 1.165) is 24.2 Å². The molecular formula is C20H23N5O. The Balaban J connectivity index is 1.32. The maximum absolute atomic E-state index is 11.8. The number of urea groups is 1. The SMILES string of the molecule is O=C(NCCCc1ccccc1)NCCn1ccc(-c2ccccn2)n1. The fourth-order valence-corrected chi connectivity index (χ4v) is 2.62. The fraction of sp³-hybridized carbons (Fsp3) is 0.250. The molecule has 0 bridgehead atoms. The van der Waals surface area contributed by atoms with Gasteiger partial charge in [-0.1, -0.05) is 36.4 Å². The predicted molar refractivity (Wildman–Crippen MR) is 102 cm³/mol. The van der Waals surface area contributed by atoms with Crippen LogP contribution in [0.15, 0.2) is 67.0 Å². The average Bonchev–Trinajstić information content (AvgIpc) is 3.16. The summed E-state index contributed by atoms with van der Waals surface area (Å²) in [5, 5.41) is 10.2. The topological polar surface area (TPSA) is 71.8 Å². The van der Waals surface area contributed by atoms with Crippen LogP contribution in [0.4, 0.5) is 4.79 Å². The van der Waals surface area contributed by atoms with Crippen molar-refractivity contribution in [2.45, 2.75) is 19.4 Å². The van der Waals surface area contributed by atoms with E-state index in [1.807, 2.05) is 48.7 Å². The van der Waals surface area contributed by atoms with Crippen LogP contribution in [0.2, 0.25) is 0 Å². The van der Waals surface area contributed by atoms with Gasteiger partial charge in [0, 0.05) is 25.5 Å². The summed E-state index contributed by atoms with van der Waals surface area (Å²) in [5.74, 6) is 0. The van der Waals surface area contributed by atoms with Gasteiger partial charge in [-0.15, -0.1) is 0 Å². The molecule has 26 heavy (non-hydrogen) atoms. The number of pyridine rings is 1. The highest BCUT2D eigenvalue weighted by Crippen LogP contribution is 2.12. The second kappa shape index (κ2) is 9.36. The standard InChI is InChI=1S/C20H23N5O/c26-20(22-13-6-9-17-7-2-1-3-8-17)23-14-16-25-15-11-19(24-25)18-10-4-5-12-21-18/h1-5,7-8,10-12,15H,6,9,13-14,16H2,(H2,22,23,26). The highest BCUT2D eigenvalue weighted by atomic mass is 16.2. The molecule has 0 saturated carbocycles. The third kappa shape index (κ3) is 5.44. The molecule has 3 aromatic rings. The predicted octanol–water partition coefficient (Wildman–Crippen LogP) is 2.88. The Morgan fingerprint density at radius 3 is 2.54 bits per heavy atom. The normalized spacial score (nSPS) is 10.5. The van der Waals surface area contributed by atoms with Gasteiger partial charge < -0.3 is 10.6 Å². The molecule has 0 spiro atoms. The van der Waals surface area contributed by atoms with Gasteiger partial charge in [0.05, 0.1) is 12.2 Å². The number of aromatic nitrogens is 3. The third-order valence-corrected chi connectivity index (χ3v) is 3.97. The Kier molecular flexibility index (Phi) is 6.36. The number of amides is 2. The van der Waals surface area contributed by atoms with Gasteiger partial charge in [-0.25, -0.2) is 4.79 Å². The van der Waals surface area contributed by atoms with Crippen molar-refractivity contribution in [2.75, 3.05) is 13.1 Å². The van der Waals surface area contributed by atoms with Gasteiger partial charge in [-0.2, -0.15) is 5.10 Å². The van der Waals surface area contributed by atoms with Crippen molar-refractivity contribution in [3.8, 4) is 11.4 Å². The van der Waals surface area contributed by atoms with E-state index in [0.29, 0.717) is 19.6 Å². The summed E-state index contributed by atoms with van der Waals surface area (Å²) >= 11 is 0. The first-order chi connectivity index (χ1) is 12.8. The van der Waals surface area contributed by atoms with Crippen molar-refractivity contribution in [1.82, 2.24) is 25.4 Å². The molecule has 6 nitrogen and oxygen atoms in total. The van der Waals surface area contributed by atoms with Crippen LogP contribution in [0.25, 0.3) is 11.4 Å². The third-order valence-electron chi connectivity index (χ3n) is 3.97. The molecule has 0 atom stereocenters. The minimum atomic E-state index is -0.143. The molecule has 1 aromatic carbocycles. The van der Waals surface area contributed by atoms with Crippen molar-refractivity contribution in [3.05, 3.63) is 72.6 Å². The highest BCUT2D eigenvalue weighted by Gasteiger charge is 2.04. The van der Waals surface area contributed by atoms with Crippen molar-refractivity contribution >= 4 is 6.03 Å². The smallest absolute Gasteiger partial charge is 0.314 e. The van der Waals surface area contributed by atoms with E-state index in [4.69, 9.17) is 0 Å². The van der Waals surface area contributed by atoms with Crippen LogP contribution in [-0.2, 0) is 13.0 Å². The molecule has 2 N–H and O–H groups in total. The van der Waals surface area contributed by atoms with Gasteiger partial charge in [0.15, 0.2) is 0 Å². The Labute approximate surface area is 153 Å². The zero-order valence-electron chi connectivity index (χ0n) is 14.6. The summed E-state index contributed by atoms with van der Waals surface area (Å²) in [6, 6.07) is 17.8. The van der Waals surface area contributed by atoms with Crippen LogP contribution < -0.4 is 10.6 Å². The second-order valence-corrected chi connectivity index (χ2v) is 5.95. The van der Waals surface area contributed by atoms with Crippen molar-refractivity contribution in [3.63, 3.8) is 0 Å². The largest absolute Gasteiger partial charge is 0.338 e. The van der Waals surface area contributed by atoms with Gasteiger partial charge in [-0.3, -0.25) is 9.67 Å². The number of nitrogens with zero attached hydrogens (tertiary/aromatic N) is 3. The van der Waals surface area contributed by atoms with Gasteiger partial charge in [0.2, 0.25) is 0 Å². The van der Waals surface area contributed by atoms with Crippen molar-refractivity contribution < 1.29 is 4.79 Å². The highest BCUT2D eigenvalue weighted by molar-refractivity contribution is 5.73. The minimum absolute atomic E-state index is 0.143. The lowest BCUT2D eigenvalue weighted by atomic mass is 10.1. The number of aryl methyl sites for hydroxylation is 1. The van der Waals surface area contributed by atoms with E-state index in [1.165, 1.54) is 5.56 Å². The Bertz CT molecular complexity index is 801. The summed E-state index contributed by atoms with van der Waals surface area (Å²) in [7, 11) is 0. The second-order valence-electron chi connectivity index (χ2n) is 5.95. The minimum Gasteiger partial charge on any atom is -0.338 e. The number of nitrogens with one attached hydrogen (secondary N) is 2. The molecule has 0 unspecified atom stereocenters. The van der Waals surface area contributed by atoms with Gasteiger partial charge in [0.1, 0.15) is 5.69 Å². The molecule has 2 heterocycles. The van der Waals surface area contributed by atoms with E-state index in [9.17, 15) is 4.79 Å². The number of rotatable bonds is 8. The molecule has 6 heteroatoms. The molecule has 0 aliphatic heterocycles. The van der Waals surface area contributed by atoms with E-state index >= 15 is 0 Å². The number of hydrogen-bond donors (Lipinski definition) is 2. The van der Waals surface area contributed by atoms with Crippen LogP contribution >= 0.6 is 0 Å². The molecule has 3 rings (SSSR count). The van der Waals surface area contributed by atoms with Crippen LogP contribution in [-0.4, -0.2) is 33.9 Å². The molecule has 134 valence electrons. The molecule has 0 aliphatic rings. The van der Waals surface area contributed by atoms with E-state index in [2.05, 4.69) is 32.8 Å². The van der Waals surface area contributed by atoms with Gasteiger partial charge >= 0.3 is 6.03 Å². The summed E-state index contributed by atoms with van der Waals surface area (Å²) in [5.41, 5.74) is 2.96. The van der Waals surface area contributed by atoms with Gasteiger partial charge in [-0.05, 0) is 36.6 Å². The number of benzene rings is 1. The first-order valence-corrected chi connectivity index (χ1v) is 8.82. The van der Waals surface area contributed by atoms with Crippen molar-refractivity contribution in [2.24, 2.45) is 0 Å². The first-order valence-electron chi connectivity index (χ1n) is 8.82. The van der Waals surface area contributed by atoms with Gasteiger partial charge in [0.25, 0.3) is 0 Å². The Morgan fingerprint density at radius 1 is 0.923 bits per heavy atom. The summed E-state index contributed by atoms with van der Waals surface area (Å²) in [6.45, 7) is 1.80. The number of carbonyl (C=O) groups is 1. The molecule has 0 radical (unpaired) electrons.